The summed E-state index contributed by atoms with van der Waals surface area (Å²) in [5, 5.41) is 0. The van der Waals surface area contributed by atoms with Gasteiger partial charge < -0.3 is 25.0 Å². The first-order valence-corrected chi connectivity index (χ1v) is 10.6. The number of carbonyl (C=O) groups is 3. The van der Waals surface area contributed by atoms with Gasteiger partial charge in [0.1, 0.15) is 6.04 Å². The van der Waals surface area contributed by atoms with Gasteiger partial charge in [0.15, 0.2) is 11.5 Å². The molecule has 168 valence electrons. The van der Waals surface area contributed by atoms with Crippen molar-refractivity contribution in [3.63, 3.8) is 0 Å². The molecule has 2 aromatic carbocycles. The van der Waals surface area contributed by atoms with Crippen LogP contribution in [0, 0.1) is 0 Å². The SMILES string of the molecule is COc1cc2c(cc1OC)CN(C(=O)CCCN1Cc3ccccc3C1=O)[C@H](C(N)=O)C2. The molecule has 32 heavy (non-hydrogen) atoms. The largest absolute Gasteiger partial charge is 0.493 e. The minimum Gasteiger partial charge on any atom is -0.493 e. The standard InChI is InChI=1S/C24H27N3O5/c1-31-20-11-16-10-19(23(25)29)27(14-17(16)12-21(20)32-2)22(28)8-5-9-26-13-15-6-3-4-7-18(15)24(26)30/h3-4,6-7,11-12,19H,5,8-10,13-14H2,1-2H3,(H2,25,29)/t19-/m0/s1. The number of hydrogen-bond donors (Lipinski definition) is 1. The molecule has 2 aliphatic heterocycles. The number of amides is 3. The number of fused-ring (bicyclic) bond motifs is 2. The normalized spacial score (nSPS) is 17.1. The predicted octanol–water partition coefficient (Wildman–Crippen LogP) is 1.88. The summed E-state index contributed by atoms with van der Waals surface area (Å²) in [5.74, 6) is 0.451. The van der Waals surface area contributed by atoms with Gasteiger partial charge in [0.05, 0.1) is 14.2 Å². The zero-order valence-corrected chi connectivity index (χ0v) is 18.3. The Morgan fingerprint density at radius 3 is 2.38 bits per heavy atom. The van der Waals surface area contributed by atoms with Gasteiger partial charge in [-0.15, -0.1) is 0 Å². The van der Waals surface area contributed by atoms with E-state index in [0.29, 0.717) is 37.4 Å². The van der Waals surface area contributed by atoms with Crippen molar-refractivity contribution in [3.8, 4) is 11.5 Å². The lowest BCUT2D eigenvalue weighted by Gasteiger charge is -2.35. The number of ether oxygens (including phenoxy) is 2. The molecule has 0 saturated heterocycles. The van der Waals surface area contributed by atoms with Gasteiger partial charge in [0.25, 0.3) is 5.91 Å². The molecular formula is C24H27N3O5. The van der Waals surface area contributed by atoms with Crippen molar-refractivity contribution in [3.05, 3.63) is 58.7 Å². The van der Waals surface area contributed by atoms with Crippen molar-refractivity contribution >= 4 is 17.7 Å². The van der Waals surface area contributed by atoms with Crippen LogP contribution in [0.5, 0.6) is 11.5 Å². The number of nitrogens with zero attached hydrogens (tertiary/aromatic N) is 2. The van der Waals surface area contributed by atoms with Crippen LogP contribution in [0.4, 0.5) is 0 Å². The molecule has 0 radical (unpaired) electrons. The maximum atomic E-state index is 13.0. The van der Waals surface area contributed by atoms with E-state index in [2.05, 4.69) is 0 Å². The molecular weight excluding hydrogens is 410 g/mol. The smallest absolute Gasteiger partial charge is 0.254 e. The zero-order valence-electron chi connectivity index (χ0n) is 18.3. The summed E-state index contributed by atoms with van der Waals surface area (Å²) in [5.41, 5.74) is 9.18. The number of methoxy groups -OCH3 is 2. The third-order valence-electron chi connectivity index (χ3n) is 6.20. The number of carbonyl (C=O) groups excluding carboxylic acids is 3. The highest BCUT2D eigenvalue weighted by molar-refractivity contribution is 5.98. The Hall–Kier alpha value is -3.55. The van der Waals surface area contributed by atoms with Gasteiger partial charge in [-0.3, -0.25) is 14.4 Å². The molecule has 3 amide bonds. The lowest BCUT2D eigenvalue weighted by atomic mass is 9.92. The van der Waals surface area contributed by atoms with Gasteiger partial charge >= 0.3 is 0 Å². The quantitative estimate of drug-likeness (QED) is 0.713. The van der Waals surface area contributed by atoms with Crippen LogP contribution in [0.25, 0.3) is 0 Å². The van der Waals surface area contributed by atoms with E-state index >= 15 is 0 Å². The lowest BCUT2D eigenvalue weighted by Crippen LogP contribution is -2.51. The number of benzene rings is 2. The lowest BCUT2D eigenvalue weighted by molar-refractivity contribution is -0.140. The summed E-state index contributed by atoms with van der Waals surface area (Å²) in [7, 11) is 3.11. The molecule has 2 aliphatic rings. The third-order valence-corrected chi connectivity index (χ3v) is 6.20. The molecule has 2 N–H and O–H groups in total. The summed E-state index contributed by atoms with van der Waals surface area (Å²) in [6.07, 6.45) is 1.07. The minimum absolute atomic E-state index is 0.00370. The fraction of sp³-hybridized carbons (Fsp3) is 0.375. The molecule has 8 heteroatoms. The zero-order chi connectivity index (χ0) is 22.8. The number of nitrogens with two attached hydrogens (primary N) is 1. The van der Waals surface area contributed by atoms with E-state index in [1.807, 2.05) is 36.4 Å². The van der Waals surface area contributed by atoms with Crippen LogP contribution in [-0.2, 0) is 29.1 Å². The van der Waals surface area contributed by atoms with Crippen molar-refractivity contribution in [2.24, 2.45) is 5.73 Å². The van der Waals surface area contributed by atoms with E-state index in [1.165, 1.54) is 4.90 Å². The molecule has 2 aromatic rings. The van der Waals surface area contributed by atoms with Crippen LogP contribution in [0.2, 0.25) is 0 Å². The molecule has 0 spiro atoms. The molecule has 0 fully saturated rings. The van der Waals surface area contributed by atoms with Crippen LogP contribution in [0.1, 0.15) is 39.9 Å². The van der Waals surface area contributed by atoms with Gasteiger partial charge in [-0.05, 0) is 41.3 Å². The predicted molar refractivity (Wildman–Crippen MR) is 117 cm³/mol. The number of hydrogen-bond acceptors (Lipinski definition) is 5. The van der Waals surface area contributed by atoms with Crippen LogP contribution >= 0.6 is 0 Å². The topological polar surface area (TPSA) is 102 Å². The van der Waals surface area contributed by atoms with Crippen LogP contribution in [0.3, 0.4) is 0 Å². The molecule has 1 atom stereocenters. The number of rotatable bonds is 7. The molecule has 0 saturated carbocycles. The highest BCUT2D eigenvalue weighted by Gasteiger charge is 2.34. The van der Waals surface area contributed by atoms with Crippen LogP contribution in [0.15, 0.2) is 36.4 Å². The highest BCUT2D eigenvalue weighted by Crippen LogP contribution is 2.35. The Labute approximate surface area is 186 Å². The minimum atomic E-state index is -0.717. The van der Waals surface area contributed by atoms with Crippen molar-refractivity contribution in [1.29, 1.82) is 0 Å². The Bertz CT molecular complexity index is 1070. The molecule has 2 heterocycles. The molecule has 8 nitrogen and oxygen atoms in total. The van der Waals surface area contributed by atoms with Gasteiger partial charge in [0, 0.05) is 38.0 Å². The average Bonchev–Trinajstić information content (AvgIpc) is 3.12. The second-order valence-corrected chi connectivity index (χ2v) is 8.11. The molecule has 0 bridgehead atoms. The van der Waals surface area contributed by atoms with Gasteiger partial charge in [-0.1, -0.05) is 18.2 Å². The first-order chi connectivity index (χ1) is 15.4. The summed E-state index contributed by atoms with van der Waals surface area (Å²) < 4.78 is 10.7. The van der Waals surface area contributed by atoms with Crippen LogP contribution < -0.4 is 15.2 Å². The van der Waals surface area contributed by atoms with E-state index in [0.717, 1.165) is 22.3 Å². The van der Waals surface area contributed by atoms with Crippen molar-refractivity contribution in [2.75, 3.05) is 20.8 Å². The molecule has 4 rings (SSSR count). The van der Waals surface area contributed by atoms with Gasteiger partial charge in [-0.2, -0.15) is 0 Å². The fourth-order valence-corrected chi connectivity index (χ4v) is 4.49. The number of primary amides is 1. The van der Waals surface area contributed by atoms with Gasteiger partial charge in [0.2, 0.25) is 11.8 Å². The average molecular weight is 437 g/mol. The third kappa shape index (κ3) is 4.00. The van der Waals surface area contributed by atoms with Gasteiger partial charge in [-0.25, -0.2) is 0 Å². The highest BCUT2D eigenvalue weighted by atomic mass is 16.5. The molecule has 0 aliphatic carbocycles. The first kappa shape index (κ1) is 21.7. The second-order valence-electron chi connectivity index (χ2n) is 8.11. The van der Waals surface area contributed by atoms with E-state index in [1.54, 1.807) is 19.1 Å². The van der Waals surface area contributed by atoms with E-state index in [4.69, 9.17) is 15.2 Å². The summed E-state index contributed by atoms with van der Waals surface area (Å²) in [4.78, 5) is 41.0. The fourth-order valence-electron chi connectivity index (χ4n) is 4.49. The van der Waals surface area contributed by atoms with E-state index < -0.39 is 11.9 Å². The van der Waals surface area contributed by atoms with Crippen molar-refractivity contribution in [1.82, 2.24) is 9.80 Å². The first-order valence-electron chi connectivity index (χ1n) is 10.6. The summed E-state index contributed by atoms with van der Waals surface area (Å²) >= 11 is 0. The van der Waals surface area contributed by atoms with Crippen molar-refractivity contribution < 1.29 is 23.9 Å². The second kappa shape index (κ2) is 8.90. The van der Waals surface area contributed by atoms with Crippen molar-refractivity contribution in [2.45, 2.75) is 38.4 Å². The Kier molecular flexibility index (Phi) is 6.03. The van der Waals surface area contributed by atoms with Crippen LogP contribution in [-0.4, -0.2) is 54.3 Å². The maximum Gasteiger partial charge on any atom is 0.254 e. The Morgan fingerprint density at radius 2 is 1.72 bits per heavy atom. The summed E-state index contributed by atoms with van der Waals surface area (Å²) in [6, 6.07) is 10.5. The van der Waals surface area contributed by atoms with E-state index in [-0.39, 0.29) is 24.8 Å². The Balaban J connectivity index is 1.42. The monoisotopic (exact) mass is 437 g/mol. The Morgan fingerprint density at radius 1 is 1.03 bits per heavy atom. The molecule has 0 unspecified atom stereocenters. The van der Waals surface area contributed by atoms with E-state index in [9.17, 15) is 14.4 Å². The molecule has 0 aromatic heterocycles. The summed E-state index contributed by atoms with van der Waals surface area (Å²) in [6.45, 7) is 1.32. The maximum absolute atomic E-state index is 13.0.